The SMILES string of the molecule is CCCC(=O)OC1CCCCC1N=[N+]=[N-]. The average Bonchev–Trinajstić information content (AvgIpc) is 2.21. The third-order valence-corrected chi connectivity index (χ3v) is 2.60. The maximum Gasteiger partial charge on any atom is 0.306 e. The Bertz CT molecular complexity index is 261. The Labute approximate surface area is 89.4 Å². The van der Waals surface area contributed by atoms with E-state index >= 15 is 0 Å². The van der Waals surface area contributed by atoms with Gasteiger partial charge in [0.05, 0.1) is 6.04 Å². The van der Waals surface area contributed by atoms with E-state index in [9.17, 15) is 4.79 Å². The molecule has 0 saturated heterocycles. The van der Waals surface area contributed by atoms with Gasteiger partial charge in [0.1, 0.15) is 6.10 Å². The molecule has 0 aromatic carbocycles. The van der Waals surface area contributed by atoms with Crippen molar-refractivity contribution in [3.8, 4) is 0 Å². The van der Waals surface area contributed by atoms with Crippen molar-refractivity contribution in [1.82, 2.24) is 0 Å². The van der Waals surface area contributed by atoms with Gasteiger partial charge in [0, 0.05) is 11.3 Å². The number of ether oxygens (including phenoxy) is 1. The lowest BCUT2D eigenvalue weighted by Gasteiger charge is -2.27. The summed E-state index contributed by atoms with van der Waals surface area (Å²) in [6.45, 7) is 1.94. The quantitative estimate of drug-likeness (QED) is 0.310. The van der Waals surface area contributed by atoms with Crippen LogP contribution in [0.15, 0.2) is 5.11 Å². The molecule has 0 radical (unpaired) electrons. The summed E-state index contributed by atoms with van der Waals surface area (Å²) in [5.41, 5.74) is 8.39. The molecule has 2 atom stereocenters. The summed E-state index contributed by atoms with van der Waals surface area (Å²) < 4.78 is 5.29. The van der Waals surface area contributed by atoms with Crippen LogP contribution in [0, 0.1) is 0 Å². The number of carbonyl (C=O) groups excluding carboxylic acids is 1. The zero-order valence-corrected chi connectivity index (χ0v) is 9.06. The molecular formula is C10H17N3O2. The van der Waals surface area contributed by atoms with Crippen LogP contribution in [0.3, 0.4) is 0 Å². The minimum absolute atomic E-state index is 0.162. The molecule has 0 heterocycles. The molecule has 0 aliphatic heterocycles. The first kappa shape index (κ1) is 11.9. The van der Waals surface area contributed by atoms with E-state index in [0.717, 1.165) is 32.1 Å². The molecule has 0 bridgehead atoms. The third kappa shape index (κ3) is 3.80. The second-order valence-electron chi connectivity index (χ2n) is 3.84. The predicted octanol–water partition coefficient (Wildman–Crippen LogP) is 2.95. The Morgan fingerprint density at radius 1 is 1.53 bits per heavy atom. The third-order valence-electron chi connectivity index (χ3n) is 2.60. The highest BCUT2D eigenvalue weighted by molar-refractivity contribution is 5.69. The predicted molar refractivity (Wildman–Crippen MR) is 56.2 cm³/mol. The fourth-order valence-corrected chi connectivity index (χ4v) is 1.85. The molecule has 5 heteroatoms. The Hall–Kier alpha value is -1.22. The number of rotatable bonds is 4. The summed E-state index contributed by atoms with van der Waals surface area (Å²) in [6, 6.07) is -0.162. The zero-order valence-electron chi connectivity index (χ0n) is 9.06. The van der Waals surface area contributed by atoms with Gasteiger partial charge in [-0.15, -0.1) is 0 Å². The topological polar surface area (TPSA) is 75.1 Å². The number of hydrogen-bond acceptors (Lipinski definition) is 3. The van der Waals surface area contributed by atoms with E-state index in [1.54, 1.807) is 0 Å². The van der Waals surface area contributed by atoms with Crippen LogP contribution in [0.1, 0.15) is 45.4 Å². The first-order valence-corrected chi connectivity index (χ1v) is 5.51. The molecule has 1 fully saturated rings. The second kappa shape index (κ2) is 6.30. The van der Waals surface area contributed by atoms with Crippen molar-refractivity contribution >= 4 is 5.97 Å². The lowest BCUT2D eigenvalue weighted by atomic mass is 9.93. The van der Waals surface area contributed by atoms with Crippen molar-refractivity contribution in [3.63, 3.8) is 0 Å². The maximum absolute atomic E-state index is 11.3. The molecule has 1 rings (SSSR count). The summed E-state index contributed by atoms with van der Waals surface area (Å²) in [4.78, 5) is 14.1. The van der Waals surface area contributed by atoms with Crippen LogP contribution in [0.2, 0.25) is 0 Å². The van der Waals surface area contributed by atoms with Crippen LogP contribution < -0.4 is 0 Å². The number of azide groups is 1. The van der Waals surface area contributed by atoms with Gasteiger partial charge in [0.2, 0.25) is 0 Å². The van der Waals surface area contributed by atoms with E-state index in [1.165, 1.54) is 0 Å². The minimum Gasteiger partial charge on any atom is -0.462 e. The first-order valence-electron chi connectivity index (χ1n) is 5.51. The molecule has 0 amide bonds. The molecular weight excluding hydrogens is 194 g/mol. The monoisotopic (exact) mass is 211 g/mol. The van der Waals surface area contributed by atoms with Gasteiger partial charge in [-0.25, -0.2) is 0 Å². The van der Waals surface area contributed by atoms with Crippen molar-refractivity contribution < 1.29 is 9.53 Å². The van der Waals surface area contributed by atoms with Gasteiger partial charge in [0.15, 0.2) is 0 Å². The summed E-state index contributed by atoms with van der Waals surface area (Å²) in [5.74, 6) is -0.178. The largest absolute Gasteiger partial charge is 0.462 e. The van der Waals surface area contributed by atoms with E-state index in [1.807, 2.05) is 6.92 Å². The van der Waals surface area contributed by atoms with Crippen LogP contribution >= 0.6 is 0 Å². The van der Waals surface area contributed by atoms with Gasteiger partial charge >= 0.3 is 5.97 Å². The number of nitrogens with zero attached hydrogens (tertiary/aromatic N) is 3. The van der Waals surface area contributed by atoms with Gasteiger partial charge in [-0.3, -0.25) is 4.79 Å². The number of hydrogen-bond donors (Lipinski definition) is 0. The zero-order chi connectivity index (χ0) is 11.1. The molecule has 5 nitrogen and oxygen atoms in total. The van der Waals surface area contributed by atoms with Crippen LogP contribution in [0.4, 0.5) is 0 Å². The molecule has 0 aromatic heterocycles. The number of carbonyl (C=O) groups is 1. The van der Waals surface area contributed by atoms with Gasteiger partial charge in [-0.1, -0.05) is 18.5 Å². The Kier molecular flexibility index (Phi) is 4.98. The lowest BCUT2D eigenvalue weighted by Crippen LogP contribution is -2.32. The molecule has 2 unspecified atom stereocenters. The highest BCUT2D eigenvalue weighted by atomic mass is 16.5. The van der Waals surface area contributed by atoms with Crippen LogP contribution in [0.25, 0.3) is 10.4 Å². The fourth-order valence-electron chi connectivity index (χ4n) is 1.85. The van der Waals surface area contributed by atoms with E-state index in [0.29, 0.717) is 6.42 Å². The van der Waals surface area contributed by atoms with Gasteiger partial charge in [-0.2, -0.15) is 0 Å². The highest BCUT2D eigenvalue weighted by Gasteiger charge is 2.27. The van der Waals surface area contributed by atoms with Crippen LogP contribution in [-0.2, 0) is 9.53 Å². The Morgan fingerprint density at radius 3 is 2.93 bits per heavy atom. The Balaban J connectivity index is 2.48. The minimum atomic E-state index is -0.200. The standard InChI is InChI=1S/C10H17N3O2/c1-2-5-10(14)15-9-7-4-3-6-8(9)12-13-11/h8-9H,2-7H2,1H3. The molecule has 1 saturated carbocycles. The van der Waals surface area contributed by atoms with E-state index < -0.39 is 0 Å². The molecule has 0 aromatic rings. The van der Waals surface area contributed by atoms with Crippen LogP contribution in [-0.4, -0.2) is 18.1 Å². The van der Waals surface area contributed by atoms with Gasteiger partial charge < -0.3 is 4.74 Å². The summed E-state index contributed by atoms with van der Waals surface area (Å²) in [6.07, 6.45) is 4.77. The first-order chi connectivity index (χ1) is 7.27. The van der Waals surface area contributed by atoms with Crippen molar-refractivity contribution in [2.45, 2.75) is 57.6 Å². The van der Waals surface area contributed by atoms with Gasteiger partial charge in [-0.05, 0) is 31.2 Å². The second-order valence-corrected chi connectivity index (χ2v) is 3.84. The maximum atomic E-state index is 11.3. The fraction of sp³-hybridized carbons (Fsp3) is 0.900. The summed E-state index contributed by atoms with van der Waals surface area (Å²) >= 11 is 0. The van der Waals surface area contributed by atoms with E-state index in [2.05, 4.69) is 10.0 Å². The molecule has 1 aliphatic carbocycles. The van der Waals surface area contributed by atoms with Crippen molar-refractivity contribution in [2.75, 3.05) is 0 Å². The Morgan fingerprint density at radius 2 is 2.27 bits per heavy atom. The normalized spacial score (nSPS) is 25.4. The van der Waals surface area contributed by atoms with E-state index in [4.69, 9.17) is 10.3 Å². The van der Waals surface area contributed by atoms with Crippen molar-refractivity contribution in [3.05, 3.63) is 10.4 Å². The summed E-state index contributed by atoms with van der Waals surface area (Å²) in [7, 11) is 0. The molecule has 15 heavy (non-hydrogen) atoms. The van der Waals surface area contributed by atoms with Crippen molar-refractivity contribution in [2.24, 2.45) is 5.11 Å². The van der Waals surface area contributed by atoms with Crippen LogP contribution in [0.5, 0.6) is 0 Å². The van der Waals surface area contributed by atoms with E-state index in [-0.39, 0.29) is 18.1 Å². The molecule has 1 aliphatic rings. The summed E-state index contributed by atoms with van der Waals surface area (Å²) in [5, 5.41) is 3.68. The average molecular weight is 211 g/mol. The smallest absolute Gasteiger partial charge is 0.306 e. The van der Waals surface area contributed by atoms with Gasteiger partial charge in [0.25, 0.3) is 0 Å². The molecule has 0 N–H and O–H groups in total. The molecule has 0 spiro atoms. The molecule has 84 valence electrons. The lowest BCUT2D eigenvalue weighted by molar-refractivity contribution is -0.151. The van der Waals surface area contributed by atoms with Crippen molar-refractivity contribution in [1.29, 1.82) is 0 Å². The number of esters is 1. The highest BCUT2D eigenvalue weighted by Crippen LogP contribution is 2.24.